The van der Waals surface area contributed by atoms with E-state index in [2.05, 4.69) is 38.2 Å². The van der Waals surface area contributed by atoms with Crippen LogP contribution in [0.5, 0.6) is 0 Å². The van der Waals surface area contributed by atoms with Crippen molar-refractivity contribution in [3.63, 3.8) is 0 Å². The molecule has 1 aromatic rings. The van der Waals surface area contributed by atoms with Crippen molar-refractivity contribution in [3.8, 4) is 0 Å². The first kappa shape index (κ1) is 17.7. The summed E-state index contributed by atoms with van der Waals surface area (Å²) in [5, 5.41) is 3.55. The number of esters is 1. The molecule has 0 aliphatic rings. The average molecular weight is 291 g/mol. The van der Waals surface area contributed by atoms with Crippen LogP contribution in [0, 0.1) is 5.92 Å². The molecule has 21 heavy (non-hydrogen) atoms. The number of hydrogen-bond acceptors (Lipinski definition) is 3. The van der Waals surface area contributed by atoms with Gasteiger partial charge in [-0.2, -0.15) is 0 Å². The molecule has 0 radical (unpaired) electrons. The maximum Gasteiger partial charge on any atom is 0.307 e. The summed E-state index contributed by atoms with van der Waals surface area (Å²) in [4.78, 5) is 12.0. The van der Waals surface area contributed by atoms with Gasteiger partial charge < -0.3 is 10.1 Å². The van der Waals surface area contributed by atoms with Gasteiger partial charge in [0, 0.05) is 12.1 Å². The van der Waals surface area contributed by atoms with Crippen molar-refractivity contribution in [1.82, 2.24) is 5.32 Å². The van der Waals surface area contributed by atoms with Crippen LogP contribution in [0.15, 0.2) is 30.3 Å². The Kier molecular flexibility index (Phi) is 6.41. The second kappa shape index (κ2) is 7.60. The Hall–Kier alpha value is -1.35. The van der Waals surface area contributed by atoms with Crippen LogP contribution in [0.1, 0.15) is 59.6 Å². The molecule has 0 aliphatic carbocycles. The molecular weight excluding hydrogens is 262 g/mol. The summed E-state index contributed by atoms with van der Waals surface area (Å²) < 4.78 is 5.43. The normalized spacial score (nSPS) is 14.8. The van der Waals surface area contributed by atoms with Gasteiger partial charge >= 0.3 is 5.97 Å². The van der Waals surface area contributed by atoms with E-state index in [-0.39, 0.29) is 18.1 Å². The van der Waals surface area contributed by atoms with Crippen molar-refractivity contribution >= 4 is 5.97 Å². The van der Waals surface area contributed by atoms with Gasteiger partial charge in [-0.15, -0.1) is 0 Å². The Balaban J connectivity index is 2.64. The van der Waals surface area contributed by atoms with Crippen LogP contribution in [-0.2, 0) is 9.53 Å². The fourth-order valence-corrected chi connectivity index (χ4v) is 2.21. The molecule has 0 aliphatic heterocycles. The first-order valence-electron chi connectivity index (χ1n) is 7.72. The third-order valence-corrected chi connectivity index (χ3v) is 3.37. The summed E-state index contributed by atoms with van der Waals surface area (Å²) in [6.07, 6.45) is 0.395. The summed E-state index contributed by atoms with van der Waals surface area (Å²) in [6, 6.07) is 10.6. The first-order chi connectivity index (χ1) is 9.69. The molecule has 0 amide bonds. The van der Waals surface area contributed by atoms with Gasteiger partial charge in [0.05, 0.1) is 6.42 Å². The van der Waals surface area contributed by atoms with Crippen LogP contribution in [0.2, 0.25) is 0 Å². The zero-order valence-corrected chi connectivity index (χ0v) is 14.1. The Morgan fingerprint density at radius 1 is 1.14 bits per heavy atom. The van der Waals surface area contributed by atoms with Gasteiger partial charge in [0.2, 0.25) is 0 Å². The number of nitrogens with one attached hydrogen (secondary N) is 1. The van der Waals surface area contributed by atoms with Crippen molar-refractivity contribution in [1.29, 1.82) is 0 Å². The van der Waals surface area contributed by atoms with Gasteiger partial charge in [-0.25, -0.2) is 0 Å². The van der Waals surface area contributed by atoms with Gasteiger partial charge in [0.25, 0.3) is 0 Å². The molecule has 3 heteroatoms. The van der Waals surface area contributed by atoms with Crippen LogP contribution >= 0.6 is 0 Å². The van der Waals surface area contributed by atoms with Crippen LogP contribution in [0.25, 0.3) is 0 Å². The molecule has 0 bridgehead atoms. The van der Waals surface area contributed by atoms with E-state index >= 15 is 0 Å². The van der Waals surface area contributed by atoms with E-state index in [4.69, 9.17) is 4.74 Å². The summed E-state index contributed by atoms with van der Waals surface area (Å²) in [7, 11) is 0. The van der Waals surface area contributed by atoms with Crippen molar-refractivity contribution < 1.29 is 9.53 Å². The third kappa shape index (κ3) is 6.76. The molecule has 2 atom stereocenters. The van der Waals surface area contributed by atoms with E-state index in [1.165, 1.54) is 5.56 Å². The smallest absolute Gasteiger partial charge is 0.307 e. The molecule has 0 fully saturated rings. The zero-order valence-electron chi connectivity index (χ0n) is 14.1. The van der Waals surface area contributed by atoms with E-state index in [1.807, 2.05) is 39.0 Å². The van der Waals surface area contributed by atoms with E-state index in [0.29, 0.717) is 12.3 Å². The minimum absolute atomic E-state index is 0.107. The number of carbonyl (C=O) groups is 1. The molecule has 1 N–H and O–H groups in total. The summed E-state index contributed by atoms with van der Waals surface area (Å²) in [6.45, 7) is 12.1. The SMILES string of the molecule is CC(N[C@H](CC(=O)OC(C)(C)C)C(C)C)c1ccccc1. The van der Waals surface area contributed by atoms with Crippen molar-refractivity contribution in [2.24, 2.45) is 5.92 Å². The maximum absolute atomic E-state index is 12.0. The van der Waals surface area contributed by atoms with Gasteiger partial charge in [-0.1, -0.05) is 44.2 Å². The first-order valence-corrected chi connectivity index (χ1v) is 7.72. The van der Waals surface area contributed by atoms with E-state index in [9.17, 15) is 4.79 Å². The Morgan fingerprint density at radius 2 is 1.71 bits per heavy atom. The second-order valence-electron chi connectivity index (χ2n) is 6.94. The number of rotatable bonds is 6. The van der Waals surface area contributed by atoms with Crippen LogP contribution in [-0.4, -0.2) is 17.6 Å². The molecule has 1 unspecified atom stereocenters. The van der Waals surface area contributed by atoms with E-state index in [1.54, 1.807) is 0 Å². The molecule has 0 heterocycles. The van der Waals surface area contributed by atoms with Crippen LogP contribution in [0.4, 0.5) is 0 Å². The lowest BCUT2D eigenvalue weighted by Crippen LogP contribution is -2.39. The quantitative estimate of drug-likeness (QED) is 0.802. The Morgan fingerprint density at radius 3 is 2.19 bits per heavy atom. The predicted molar refractivity (Wildman–Crippen MR) is 87.1 cm³/mol. The maximum atomic E-state index is 12.0. The minimum Gasteiger partial charge on any atom is -0.460 e. The minimum atomic E-state index is -0.427. The molecule has 1 rings (SSSR count). The molecular formula is C18H29NO2. The number of hydrogen-bond donors (Lipinski definition) is 1. The largest absolute Gasteiger partial charge is 0.460 e. The van der Waals surface area contributed by atoms with Crippen molar-refractivity contribution in [2.75, 3.05) is 0 Å². The highest BCUT2D eigenvalue weighted by Crippen LogP contribution is 2.18. The van der Waals surface area contributed by atoms with Crippen molar-refractivity contribution in [3.05, 3.63) is 35.9 Å². The molecule has 118 valence electrons. The molecule has 0 spiro atoms. The molecule has 0 saturated heterocycles. The summed E-state index contributed by atoms with van der Waals surface area (Å²) >= 11 is 0. The topological polar surface area (TPSA) is 38.3 Å². The summed E-state index contributed by atoms with van der Waals surface area (Å²) in [5.74, 6) is 0.220. The zero-order chi connectivity index (χ0) is 16.0. The highest BCUT2D eigenvalue weighted by atomic mass is 16.6. The molecule has 1 aromatic carbocycles. The number of benzene rings is 1. The third-order valence-electron chi connectivity index (χ3n) is 3.37. The fraction of sp³-hybridized carbons (Fsp3) is 0.611. The second-order valence-corrected chi connectivity index (χ2v) is 6.94. The van der Waals surface area contributed by atoms with Gasteiger partial charge in [0.15, 0.2) is 0 Å². The van der Waals surface area contributed by atoms with E-state index < -0.39 is 5.60 Å². The Labute approximate surface area is 129 Å². The van der Waals surface area contributed by atoms with Gasteiger partial charge in [-0.3, -0.25) is 4.79 Å². The van der Waals surface area contributed by atoms with Crippen LogP contribution in [0.3, 0.4) is 0 Å². The highest BCUT2D eigenvalue weighted by molar-refractivity contribution is 5.70. The van der Waals surface area contributed by atoms with E-state index in [0.717, 1.165) is 0 Å². The highest BCUT2D eigenvalue weighted by Gasteiger charge is 2.23. The predicted octanol–water partition coefficient (Wildman–Crippen LogP) is 4.09. The number of carbonyl (C=O) groups excluding carboxylic acids is 1. The Bertz CT molecular complexity index is 434. The molecule has 0 aromatic heterocycles. The average Bonchev–Trinajstić information content (AvgIpc) is 2.36. The van der Waals surface area contributed by atoms with Crippen LogP contribution < -0.4 is 5.32 Å². The van der Waals surface area contributed by atoms with Crippen molar-refractivity contribution in [2.45, 2.75) is 65.6 Å². The lowest BCUT2D eigenvalue weighted by atomic mass is 9.98. The van der Waals surface area contributed by atoms with Gasteiger partial charge in [-0.05, 0) is 39.2 Å². The number of ether oxygens (including phenoxy) is 1. The summed E-state index contributed by atoms with van der Waals surface area (Å²) in [5.41, 5.74) is 0.802. The lowest BCUT2D eigenvalue weighted by molar-refractivity contribution is -0.155. The standard InChI is InChI=1S/C18H29NO2/c1-13(2)16(12-17(20)21-18(4,5)6)19-14(3)15-10-8-7-9-11-15/h7-11,13-14,16,19H,12H2,1-6H3/t14?,16-/m1/s1. The molecule has 0 saturated carbocycles. The molecule has 3 nitrogen and oxygen atoms in total. The lowest BCUT2D eigenvalue weighted by Gasteiger charge is -2.28. The fourth-order valence-electron chi connectivity index (χ4n) is 2.21. The van der Waals surface area contributed by atoms with Gasteiger partial charge in [0.1, 0.15) is 5.60 Å². The monoisotopic (exact) mass is 291 g/mol.